The van der Waals surface area contributed by atoms with Crippen LogP contribution in [0.25, 0.3) is 21.3 Å². The fraction of sp³-hybridized carbons (Fsp3) is 0.429. The highest BCUT2D eigenvalue weighted by molar-refractivity contribution is 7.19. The van der Waals surface area contributed by atoms with Crippen molar-refractivity contribution in [3.05, 3.63) is 41.0 Å². The second-order valence-corrected chi connectivity index (χ2v) is 8.13. The van der Waals surface area contributed by atoms with Crippen LogP contribution >= 0.6 is 11.3 Å². The van der Waals surface area contributed by atoms with Crippen LogP contribution in [-0.4, -0.2) is 28.2 Å². The summed E-state index contributed by atoms with van der Waals surface area (Å²) in [6.45, 7) is 7.70. The molecule has 26 heavy (non-hydrogen) atoms. The lowest BCUT2D eigenvalue weighted by atomic mass is 9.98. The maximum Gasteiger partial charge on any atom is 0.138 e. The molecule has 0 aliphatic carbocycles. The number of aliphatic hydroxyl groups is 1. The fourth-order valence-corrected chi connectivity index (χ4v) is 4.19. The Kier molecular flexibility index (Phi) is 6.22. The zero-order valence-corrected chi connectivity index (χ0v) is 16.6. The Labute approximate surface area is 159 Å². The Bertz CT molecular complexity index is 856. The first-order valence-electron chi connectivity index (χ1n) is 9.31. The van der Waals surface area contributed by atoms with Crippen molar-refractivity contribution >= 4 is 27.4 Å². The molecule has 0 fully saturated rings. The number of aryl methyl sites for hydroxylation is 1. The molecule has 0 atom stereocenters. The topological polar surface area (TPSA) is 58.0 Å². The number of benzene rings is 1. The molecule has 5 heteroatoms. The van der Waals surface area contributed by atoms with Gasteiger partial charge in [0.05, 0.1) is 5.39 Å². The van der Waals surface area contributed by atoms with Crippen molar-refractivity contribution in [1.29, 1.82) is 0 Å². The molecule has 0 aliphatic rings. The molecule has 3 rings (SSSR count). The first-order valence-corrected chi connectivity index (χ1v) is 10.1. The summed E-state index contributed by atoms with van der Waals surface area (Å²) in [6, 6.07) is 8.85. The first kappa shape index (κ1) is 18.8. The molecule has 2 aromatic heterocycles. The quantitative estimate of drug-likeness (QED) is 0.525. The molecule has 0 amide bonds. The summed E-state index contributed by atoms with van der Waals surface area (Å²) in [4.78, 5) is 11.3. The van der Waals surface area contributed by atoms with Gasteiger partial charge in [0.1, 0.15) is 17.0 Å². The van der Waals surface area contributed by atoms with Gasteiger partial charge in [-0.1, -0.05) is 38.1 Å². The van der Waals surface area contributed by atoms with Crippen molar-refractivity contribution in [2.75, 3.05) is 18.5 Å². The second kappa shape index (κ2) is 8.60. The summed E-state index contributed by atoms with van der Waals surface area (Å²) < 4.78 is 0. The van der Waals surface area contributed by atoms with Gasteiger partial charge in [-0.15, -0.1) is 11.3 Å². The smallest absolute Gasteiger partial charge is 0.138 e. The lowest BCUT2D eigenvalue weighted by Crippen LogP contribution is -2.04. The minimum absolute atomic E-state index is 0.262. The van der Waals surface area contributed by atoms with Crippen molar-refractivity contribution < 1.29 is 5.11 Å². The molecule has 0 radical (unpaired) electrons. The number of unbranched alkanes of at least 4 members (excludes halogenated alkanes) is 2. The van der Waals surface area contributed by atoms with Gasteiger partial charge in [0, 0.05) is 23.6 Å². The molecular weight excluding hydrogens is 342 g/mol. The third kappa shape index (κ3) is 4.05. The van der Waals surface area contributed by atoms with Crippen molar-refractivity contribution in [3.8, 4) is 11.1 Å². The van der Waals surface area contributed by atoms with Gasteiger partial charge in [0.15, 0.2) is 0 Å². The lowest BCUT2D eigenvalue weighted by molar-refractivity contribution is 0.283. The van der Waals surface area contributed by atoms with Gasteiger partial charge in [-0.3, -0.25) is 0 Å². The SMILES string of the molecule is Cc1sc2ncnc(NCCCCCO)c2c1-c1ccc(C(C)C)cc1. The third-order valence-electron chi connectivity index (χ3n) is 4.66. The molecule has 0 saturated heterocycles. The molecule has 4 nitrogen and oxygen atoms in total. The molecule has 138 valence electrons. The maximum atomic E-state index is 8.90. The van der Waals surface area contributed by atoms with E-state index < -0.39 is 0 Å². The Balaban J connectivity index is 1.93. The predicted octanol–water partition coefficient (Wildman–Crippen LogP) is 5.36. The largest absolute Gasteiger partial charge is 0.396 e. The van der Waals surface area contributed by atoms with E-state index in [0.29, 0.717) is 5.92 Å². The molecule has 0 bridgehead atoms. The van der Waals surface area contributed by atoms with Crippen LogP contribution in [0.2, 0.25) is 0 Å². The van der Waals surface area contributed by atoms with E-state index in [1.54, 1.807) is 17.7 Å². The first-order chi connectivity index (χ1) is 12.6. The zero-order valence-electron chi connectivity index (χ0n) is 15.7. The number of fused-ring (bicyclic) bond motifs is 1. The molecule has 2 N–H and O–H groups in total. The molecule has 0 unspecified atom stereocenters. The average Bonchev–Trinajstić information content (AvgIpc) is 2.98. The molecule has 0 aliphatic heterocycles. The number of aromatic nitrogens is 2. The highest BCUT2D eigenvalue weighted by Crippen LogP contribution is 2.40. The summed E-state index contributed by atoms with van der Waals surface area (Å²) in [5, 5.41) is 13.5. The number of nitrogens with one attached hydrogen (secondary N) is 1. The van der Waals surface area contributed by atoms with Crippen LogP contribution in [-0.2, 0) is 0 Å². The standard InChI is InChI=1S/C21H27N3OS/c1-14(2)16-7-9-17(10-8-16)18-15(3)26-21-19(18)20(23-13-24-21)22-11-5-4-6-12-25/h7-10,13-14,25H,4-6,11-12H2,1-3H3,(H,22,23,24). The minimum atomic E-state index is 0.262. The summed E-state index contributed by atoms with van der Waals surface area (Å²) >= 11 is 1.72. The number of hydrogen-bond acceptors (Lipinski definition) is 5. The molecule has 0 saturated carbocycles. The van der Waals surface area contributed by atoms with E-state index in [1.165, 1.54) is 21.6 Å². The Morgan fingerprint density at radius 3 is 2.54 bits per heavy atom. The monoisotopic (exact) mass is 369 g/mol. The predicted molar refractivity (Wildman–Crippen MR) is 111 cm³/mol. The van der Waals surface area contributed by atoms with Crippen LogP contribution in [0, 0.1) is 6.92 Å². The van der Waals surface area contributed by atoms with E-state index in [1.807, 2.05) is 0 Å². The van der Waals surface area contributed by atoms with Crippen LogP contribution < -0.4 is 5.32 Å². The molecule has 0 spiro atoms. The van der Waals surface area contributed by atoms with Gasteiger partial charge in [0.25, 0.3) is 0 Å². The molecule has 3 aromatic rings. The zero-order chi connectivity index (χ0) is 18.5. The van der Waals surface area contributed by atoms with E-state index in [9.17, 15) is 0 Å². The maximum absolute atomic E-state index is 8.90. The van der Waals surface area contributed by atoms with Crippen LogP contribution in [0.3, 0.4) is 0 Å². The Morgan fingerprint density at radius 2 is 1.85 bits per heavy atom. The van der Waals surface area contributed by atoms with Gasteiger partial charge in [0.2, 0.25) is 0 Å². The Hall–Kier alpha value is -1.98. The number of thiophene rings is 1. The number of anilines is 1. The van der Waals surface area contributed by atoms with Gasteiger partial charge < -0.3 is 10.4 Å². The third-order valence-corrected chi connectivity index (χ3v) is 5.67. The van der Waals surface area contributed by atoms with Crippen molar-refractivity contribution in [3.63, 3.8) is 0 Å². The number of nitrogens with zero attached hydrogens (tertiary/aromatic N) is 2. The highest BCUT2D eigenvalue weighted by Gasteiger charge is 2.16. The highest BCUT2D eigenvalue weighted by atomic mass is 32.1. The van der Waals surface area contributed by atoms with Crippen molar-refractivity contribution in [2.45, 2.75) is 46.0 Å². The normalized spacial score (nSPS) is 11.4. The van der Waals surface area contributed by atoms with Gasteiger partial charge in [-0.05, 0) is 43.2 Å². The van der Waals surface area contributed by atoms with Crippen molar-refractivity contribution in [2.24, 2.45) is 0 Å². The van der Waals surface area contributed by atoms with E-state index in [4.69, 9.17) is 5.11 Å². The number of hydrogen-bond donors (Lipinski definition) is 2. The number of rotatable bonds is 8. The van der Waals surface area contributed by atoms with Crippen LogP contribution in [0.15, 0.2) is 30.6 Å². The minimum Gasteiger partial charge on any atom is -0.396 e. The molecular formula is C21H27N3OS. The summed E-state index contributed by atoms with van der Waals surface area (Å²) in [5.41, 5.74) is 3.81. The van der Waals surface area contributed by atoms with Crippen LogP contribution in [0.5, 0.6) is 0 Å². The average molecular weight is 370 g/mol. The van der Waals surface area contributed by atoms with E-state index in [2.05, 4.69) is 60.3 Å². The Morgan fingerprint density at radius 1 is 1.08 bits per heavy atom. The van der Waals surface area contributed by atoms with E-state index in [0.717, 1.165) is 41.8 Å². The molecule has 1 aromatic carbocycles. The fourth-order valence-electron chi connectivity index (χ4n) is 3.18. The number of aliphatic hydroxyl groups excluding tert-OH is 1. The second-order valence-electron chi connectivity index (χ2n) is 6.92. The molecule has 2 heterocycles. The van der Waals surface area contributed by atoms with E-state index in [-0.39, 0.29) is 6.61 Å². The van der Waals surface area contributed by atoms with Gasteiger partial charge in [-0.2, -0.15) is 0 Å². The lowest BCUT2D eigenvalue weighted by Gasteiger charge is -2.10. The van der Waals surface area contributed by atoms with Crippen LogP contribution in [0.4, 0.5) is 5.82 Å². The van der Waals surface area contributed by atoms with Crippen molar-refractivity contribution in [1.82, 2.24) is 9.97 Å². The summed E-state index contributed by atoms with van der Waals surface area (Å²) in [7, 11) is 0. The summed E-state index contributed by atoms with van der Waals surface area (Å²) in [5.74, 6) is 1.44. The van der Waals surface area contributed by atoms with Gasteiger partial charge >= 0.3 is 0 Å². The van der Waals surface area contributed by atoms with Crippen LogP contribution in [0.1, 0.15) is 49.5 Å². The van der Waals surface area contributed by atoms with E-state index >= 15 is 0 Å². The van der Waals surface area contributed by atoms with Gasteiger partial charge in [-0.25, -0.2) is 9.97 Å². The summed E-state index contributed by atoms with van der Waals surface area (Å²) in [6.07, 6.45) is 4.53.